The van der Waals surface area contributed by atoms with E-state index in [0.29, 0.717) is 22.3 Å². The summed E-state index contributed by atoms with van der Waals surface area (Å²) in [6.07, 6.45) is 0. The fourth-order valence-electron chi connectivity index (χ4n) is 1.68. The zero-order valence-electron chi connectivity index (χ0n) is 10.5. The Labute approximate surface area is 135 Å². The molecule has 0 spiro atoms. The number of alkyl halides is 2. The van der Waals surface area contributed by atoms with Crippen LogP contribution >= 0.6 is 34.8 Å². The second-order valence-corrected chi connectivity index (χ2v) is 5.36. The maximum absolute atomic E-state index is 12.1. The van der Waals surface area contributed by atoms with Gasteiger partial charge >= 0.3 is 6.61 Å². The summed E-state index contributed by atoms with van der Waals surface area (Å²) < 4.78 is 28.5. The third kappa shape index (κ3) is 4.63. The van der Waals surface area contributed by atoms with Crippen LogP contribution < -0.4 is 10.1 Å². The quantitative estimate of drug-likeness (QED) is 0.727. The number of nitrogens with one attached hydrogen (secondary N) is 1. The molecule has 0 bridgehead atoms. The van der Waals surface area contributed by atoms with Gasteiger partial charge in [-0.05, 0) is 42.0 Å². The Morgan fingerprint density at radius 3 is 2.43 bits per heavy atom. The average molecular weight is 353 g/mol. The number of hydrogen-bond donors (Lipinski definition) is 1. The summed E-state index contributed by atoms with van der Waals surface area (Å²) in [6, 6.07) is 9.59. The Hall–Kier alpha value is -1.23. The van der Waals surface area contributed by atoms with Crippen LogP contribution in [0, 0.1) is 0 Å². The second-order valence-electron chi connectivity index (χ2n) is 4.11. The van der Waals surface area contributed by atoms with Gasteiger partial charge in [0.1, 0.15) is 5.75 Å². The molecule has 21 heavy (non-hydrogen) atoms. The third-order valence-electron chi connectivity index (χ3n) is 2.64. The van der Waals surface area contributed by atoms with Crippen molar-refractivity contribution >= 4 is 40.5 Å². The number of ether oxygens (including phenoxy) is 1. The van der Waals surface area contributed by atoms with Crippen molar-refractivity contribution in [1.29, 1.82) is 0 Å². The van der Waals surface area contributed by atoms with Crippen LogP contribution in [0.25, 0.3) is 0 Å². The molecular weight excluding hydrogens is 343 g/mol. The van der Waals surface area contributed by atoms with Crippen molar-refractivity contribution in [3.8, 4) is 5.75 Å². The highest BCUT2D eigenvalue weighted by molar-refractivity contribution is 6.33. The maximum Gasteiger partial charge on any atom is 0.387 e. The van der Waals surface area contributed by atoms with Gasteiger partial charge in [0.2, 0.25) is 0 Å². The summed E-state index contributed by atoms with van der Waals surface area (Å²) in [5, 5.41) is 4.33. The first-order valence-corrected chi connectivity index (χ1v) is 7.01. The van der Waals surface area contributed by atoms with Crippen molar-refractivity contribution in [1.82, 2.24) is 0 Å². The summed E-state index contributed by atoms with van der Waals surface area (Å²) >= 11 is 17.8. The molecule has 2 nitrogen and oxygen atoms in total. The summed E-state index contributed by atoms with van der Waals surface area (Å²) in [6.45, 7) is -2.49. The first kappa shape index (κ1) is 16.1. The van der Waals surface area contributed by atoms with E-state index in [4.69, 9.17) is 34.8 Å². The van der Waals surface area contributed by atoms with Crippen LogP contribution in [-0.2, 0) is 6.54 Å². The Morgan fingerprint density at radius 2 is 1.76 bits per heavy atom. The molecule has 2 aromatic rings. The number of anilines is 1. The average Bonchev–Trinajstić information content (AvgIpc) is 2.42. The highest BCUT2D eigenvalue weighted by Crippen LogP contribution is 2.29. The van der Waals surface area contributed by atoms with Gasteiger partial charge < -0.3 is 10.1 Å². The highest BCUT2D eigenvalue weighted by Gasteiger charge is 2.09. The van der Waals surface area contributed by atoms with E-state index in [-0.39, 0.29) is 10.8 Å². The minimum atomic E-state index is -2.91. The smallest absolute Gasteiger partial charge is 0.387 e. The number of rotatable bonds is 5. The molecule has 2 rings (SSSR count). The molecule has 0 atom stereocenters. The fraction of sp³-hybridized carbons (Fsp3) is 0.143. The van der Waals surface area contributed by atoms with Crippen molar-refractivity contribution in [2.24, 2.45) is 0 Å². The van der Waals surface area contributed by atoms with E-state index in [1.807, 2.05) is 0 Å². The van der Waals surface area contributed by atoms with E-state index >= 15 is 0 Å². The molecular formula is C14H10Cl3F2NO. The molecule has 0 saturated heterocycles. The molecule has 0 fully saturated rings. The van der Waals surface area contributed by atoms with Crippen LogP contribution in [0.4, 0.5) is 14.5 Å². The predicted molar refractivity (Wildman–Crippen MR) is 81.9 cm³/mol. The fourth-order valence-corrected chi connectivity index (χ4v) is 2.28. The third-order valence-corrected chi connectivity index (χ3v) is 3.54. The molecule has 1 N–H and O–H groups in total. The maximum atomic E-state index is 12.1. The number of halogens is 5. The van der Waals surface area contributed by atoms with E-state index < -0.39 is 6.61 Å². The lowest BCUT2D eigenvalue weighted by Crippen LogP contribution is -2.03. The molecule has 2 aromatic carbocycles. The molecule has 0 aliphatic heterocycles. The SMILES string of the molecule is FC(F)Oc1ccc(NCc2cc(Cl)ccc2Cl)cc1Cl. The van der Waals surface area contributed by atoms with Crippen LogP contribution in [0.3, 0.4) is 0 Å². The van der Waals surface area contributed by atoms with Gasteiger partial charge in [-0.1, -0.05) is 34.8 Å². The molecule has 0 saturated carbocycles. The normalized spacial score (nSPS) is 10.8. The van der Waals surface area contributed by atoms with Gasteiger partial charge in [0.15, 0.2) is 0 Å². The van der Waals surface area contributed by atoms with Crippen molar-refractivity contribution in [3.63, 3.8) is 0 Å². The minimum Gasteiger partial charge on any atom is -0.433 e. The van der Waals surface area contributed by atoms with E-state index in [1.54, 1.807) is 24.3 Å². The van der Waals surface area contributed by atoms with Crippen molar-refractivity contribution in [2.75, 3.05) is 5.32 Å². The van der Waals surface area contributed by atoms with Crippen molar-refractivity contribution < 1.29 is 13.5 Å². The molecule has 0 aliphatic carbocycles. The zero-order valence-corrected chi connectivity index (χ0v) is 12.8. The first-order valence-electron chi connectivity index (χ1n) is 5.88. The summed E-state index contributed by atoms with van der Waals surface area (Å²) in [4.78, 5) is 0. The van der Waals surface area contributed by atoms with E-state index in [0.717, 1.165) is 5.56 Å². The van der Waals surface area contributed by atoms with Crippen LogP contribution in [0.5, 0.6) is 5.75 Å². The molecule has 0 aromatic heterocycles. The molecule has 0 aliphatic rings. The van der Waals surface area contributed by atoms with E-state index in [9.17, 15) is 8.78 Å². The number of benzene rings is 2. The lowest BCUT2D eigenvalue weighted by molar-refractivity contribution is -0.0497. The largest absolute Gasteiger partial charge is 0.433 e. The van der Waals surface area contributed by atoms with Crippen molar-refractivity contribution in [3.05, 3.63) is 57.0 Å². The summed E-state index contributed by atoms with van der Waals surface area (Å²) in [5.74, 6) is -0.0713. The monoisotopic (exact) mass is 351 g/mol. The van der Waals surface area contributed by atoms with E-state index in [1.165, 1.54) is 12.1 Å². The van der Waals surface area contributed by atoms with Gasteiger partial charge in [-0.2, -0.15) is 8.78 Å². The van der Waals surface area contributed by atoms with Gasteiger partial charge in [-0.3, -0.25) is 0 Å². The van der Waals surface area contributed by atoms with Gasteiger partial charge in [0.05, 0.1) is 5.02 Å². The highest BCUT2D eigenvalue weighted by atomic mass is 35.5. The molecule has 7 heteroatoms. The van der Waals surface area contributed by atoms with E-state index in [2.05, 4.69) is 10.1 Å². The molecule has 0 amide bonds. The zero-order chi connectivity index (χ0) is 15.4. The Kier molecular flexibility index (Phi) is 5.51. The Morgan fingerprint density at radius 1 is 1.00 bits per heavy atom. The lowest BCUT2D eigenvalue weighted by Gasteiger charge is -2.11. The second kappa shape index (κ2) is 7.16. The van der Waals surface area contributed by atoms with Gasteiger partial charge in [0.25, 0.3) is 0 Å². The Bertz CT molecular complexity index is 638. The summed E-state index contributed by atoms with van der Waals surface area (Å²) in [7, 11) is 0. The van der Waals surface area contributed by atoms with Crippen molar-refractivity contribution in [2.45, 2.75) is 13.2 Å². The topological polar surface area (TPSA) is 21.3 Å². The molecule has 0 heterocycles. The molecule has 0 unspecified atom stereocenters. The van der Waals surface area contributed by atoms with Gasteiger partial charge in [0, 0.05) is 22.3 Å². The van der Waals surface area contributed by atoms with Gasteiger partial charge in [-0.15, -0.1) is 0 Å². The predicted octanol–water partition coefficient (Wildman–Crippen LogP) is 5.86. The van der Waals surface area contributed by atoms with Gasteiger partial charge in [-0.25, -0.2) is 0 Å². The number of hydrogen-bond acceptors (Lipinski definition) is 2. The minimum absolute atomic E-state index is 0.0713. The molecule has 0 radical (unpaired) electrons. The Balaban J connectivity index is 2.07. The van der Waals surface area contributed by atoms with Crippen LogP contribution in [-0.4, -0.2) is 6.61 Å². The van der Waals surface area contributed by atoms with Crippen LogP contribution in [0.2, 0.25) is 15.1 Å². The molecule has 112 valence electrons. The first-order chi connectivity index (χ1) is 9.95. The van der Waals surface area contributed by atoms with Crippen LogP contribution in [0.1, 0.15) is 5.56 Å². The standard InChI is InChI=1S/C14H10Cl3F2NO/c15-9-1-3-11(16)8(5-9)7-20-10-2-4-13(12(17)6-10)21-14(18)19/h1-6,14,20H,7H2. The lowest BCUT2D eigenvalue weighted by atomic mass is 10.2. The van der Waals surface area contributed by atoms with Crippen LogP contribution in [0.15, 0.2) is 36.4 Å². The summed E-state index contributed by atoms with van der Waals surface area (Å²) in [5.41, 5.74) is 1.46.